The fourth-order valence-corrected chi connectivity index (χ4v) is 3.95. The lowest BCUT2D eigenvalue weighted by Crippen LogP contribution is -2.39. The number of aliphatic hydroxyl groups is 1. The summed E-state index contributed by atoms with van der Waals surface area (Å²) in [5, 5.41) is 21.8. The molecule has 0 aromatic carbocycles. The highest BCUT2D eigenvalue weighted by molar-refractivity contribution is 7.16. The molecule has 1 aliphatic rings. The average Bonchev–Trinajstić information content (AvgIpc) is 2.78. The standard InChI is InChI=1S/C14H23N3O3S/c1-4-11-9-15(3)6-5-7-16(11)14-12(17(19)20)8-13(21-14)10(2)18/h8,10-11,18H,4-7,9H2,1-3H3/t10-,11?/m1/s1. The van der Waals surface area contributed by atoms with Crippen LogP contribution in [0.25, 0.3) is 0 Å². The van der Waals surface area contributed by atoms with Crippen LogP contribution in [0.4, 0.5) is 10.7 Å². The molecule has 0 bridgehead atoms. The molecule has 1 unspecified atom stereocenters. The van der Waals surface area contributed by atoms with Crippen LogP contribution < -0.4 is 4.90 Å². The Morgan fingerprint density at radius 2 is 2.29 bits per heavy atom. The first-order valence-electron chi connectivity index (χ1n) is 7.35. The van der Waals surface area contributed by atoms with Crippen LogP contribution in [-0.2, 0) is 0 Å². The SMILES string of the molecule is CCC1CN(C)CCCN1c1sc([C@@H](C)O)cc1[N+](=O)[O-]. The van der Waals surface area contributed by atoms with E-state index in [9.17, 15) is 15.2 Å². The van der Waals surface area contributed by atoms with Crippen molar-refractivity contribution in [3.8, 4) is 0 Å². The summed E-state index contributed by atoms with van der Waals surface area (Å²) < 4.78 is 0. The van der Waals surface area contributed by atoms with Gasteiger partial charge in [-0.3, -0.25) is 10.1 Å². The number of likely N-dealkylation sites (N-methyl/N-ethyl adjacent to an activating group) is 1. The van der Waals surface area contributed by atoms with Crippen LogP contribution in [0, 0.1) is 10.1 Å². The predicted octanol–water partition coefficient (Wildman–Crippen LogP) is 2.63. The van der Waals surface area contributed by atoms with Gasteiger partial charge in [-0.25, -0.2) is 0 Å². The second-order valence-corrected chi connectivity index (χ2v) is 6.71. The Hall–Kier alpha value is -1.18. The zero-order valence-corrected chi connectivity index (χ0v) is 13.6. The number of aliphatic hydroxyl groups excluding tert-OH is 1. The van der Waals surface area contributed by atoms with E-state index in [4.69, 9.17) is 0 Å². The zero-order valence-electron chi connectivity index (χ0n) is 12.8. The van der Waals surface area contributed by atoms with E-state index >= 15 is 0 Å². The molecule has 0 saturated carbocycles. The summed E-state index contributed by atoms with van der Waals surface area (Å²) in [5.74, 6) is 0. The molecule has 0 radical (unpaired) electrons. The first-order chi connectivity index (χ1) is 9.93. The van der Waals surface area contributed by atoms with Crippen LogP contribution in [0.5, 0.6) is 0 Å². The van der Waals surface area contributed by atoms with E-state index < -0.39 is 6.10 Å². The lowest BCUT2D eigenvalue weighted by atomic mass is 10.2. The third kappa shape index (κ3) is 3.53. The van der Waals surface area contributed by atoms with Crippen molar-refractivity contribution < 1.29 is 10.0 Å². The van der Waals surface area contributed by atoms with Gasteiger partial charge in [0.1, 0.15) is 0 Å². The quantitative estimate of drug-likeness (QED) is 0.683. The molecule has 1 N–H and O–H groups in total. The Morgan fingerprint density at radius 3 is 2.86 bits per heavy atom. The minimum Gasteiger partial charge on any atom is -0.388 e. The van der Waals surface area contributed by atoms with Crippen molar-refractivity contribution in [3.05, 3.63) is 21.1 Å². The lowest BCUT2D eigenvalue weighted by Gasteiger charge is -2.30. The molecule has 118 valence electrons. The van der Waals surface area contributed by atoms with Gasteiger partial charge in [0.2, 0.25) is 0 Å². The van der Waals surface area contributed by atoms with Gasteiger partial charge in [0.15, 0.2) is 5.00 Å². The summed E-state index contributed by atoms with van der Waals surface area (Å²) in [4.78, 5) is 16.1. The fourth-order valence-electron chi connectivity index (χ4n) is 2.79. The van der Waals surface area contributed by atoms with Gasteiger partial charge >= 0.3 is 5.69 Å². The molecule has 1 fully saturated rings. The number of rotatable bonds is 4. The Labute approximate surface area is 129 Å². The maximum atomic E-state index is 11.3. The number of hydrogen-bond acceptors (Lipinski definition) is 6. The number of nitro groups is 1. The van der Waals surface area contributed by atoms with E-state index in [0.29, 0.717) is 9.88 Å². The lowest BCUT2D eigenvalue weighted by molar-refractivity contribution is -0.383. The van der Waals surface area contributed by atoms with Crippen molar-refractivity contribution in [1.82, 2.24) is 4.90 Å². The Balaban J connectivity index is 2.39. The van der Waals surface area contributed by atoms with Crippen LogP contribution in [0.15, 0.2) is 6.07 Å². The van der Waals surface area contributed by atoms with Gasteiger partial charge in [0.05, 0.1) is 11.0 Å². The molecule has 1 aromatic rings. The van der Waals surface area contributed by atoms with E-state index in [2.05, 4.69) is 23.8 Å². The molecule has 0 amide bonds. The predicted molar refractivity (Wildman–Crippen MR) is 85.1 cm³/mol. The van der Waals surface area contributed by atoms with E-state index in [1.54, 1.807) is 6.92 Å². The normalized spacial score (nSPS) is 22.1. The Kier molecular flexibility index (Phi) is 5.18. The maximum absolute atomic E-state index is 11.3. The van der Waals surface area contributed by atoms with Crippen molar-refractivity contribution in [2.75, 3.05) is 31.6 Å². The summed E-state index contributed by atoms with van der Waals surface area (Å²) in [7, 11) is 2.09. The molecule has 6 nitrogen and oxygen atoms in total. The average molecular weight is 313 g/mol. The second-order valence-electron chi connectivity index (χ2n) is 5.64. The molecule has 2 atom stereocenters. The van der Waals surface area contributed by atoms with E-state index in [1.807, 2.05) is 0 Å². The number of anilines is 1. The fraction of sp³-hybridized carbons (Fsp3) is 0.714. The third-order valence-corrected chi connectivity index (χ3v) is 5.29. The molecule has 2 rings (SSSR count). The first kappa shape index (κ1) is 16.2. The smallest absolute Gasteiger partial charge is 0.304 e. The van der Waals surface area contributed by atoms with Crippen molar-refractivity contribution in [2.45, 2.75) is 38.8 Å². The Bertz CT molecular complexity index is 504. The number of thiophene rings is 1. The van der Waals surface area contributed by atoms with Crippen LogP contribution >= 0.6 is 11.3 Å². The topological polar surface area (TPSA) is 69.8 Å². The van der Waals surface area contributed by atoms with Gasteiger partial charge < -0.3 is 14.9 Å². The van der Waals surface area contributed by atoms with Gasteiger partial charge in [-0.15, -0.1) is 11.3 Å². The molecule has 0 spiro atoms. The van der Waals surface area contributed by atoms with Crippen LogP contribution in [0.2, 0.25) is 0 Å². The Morgan fingerprint density at radius 1 is 1.57 bits per heavy atom. The van der Waals surface area contributed by atoms with E-state index in [1.165, 1.54) is 17.4 Å². The molecule has 1 saturated heterocycles. The summed E-state index contributed by atoms with van der Waals surface area (Å²) >= 11 is 1.35. The molecule has 0 aliphatic carbocycles. The highest BCUT2D eigenvalue weighted by Crippen LogP contribution is 2.41. The van der Waals surface area contributed by atoms with Gasteiger partial charge in [-0.05, 0) is 33.4 Å². The second kappa shape index (κ2) is 6.72. The third-order valence-electron chi connectivity index (χ3n) is 3.96. The molecular weight excluding hydrogens is 290 g/mol. The summed E-state index contributed by atoms with van der Waals surface area (Å²) in [5.41, 5.74) is 0.124. The minimum atomic E-state index is -0.669. The summed E-state index contributed by atoms with van der Waals surface area (Å²) in [6.07, 6.45) is 1.27. The van der Waals surface area contributed by atoms with Crippen LogP contribution in [0.1, 0.15) is 37.7 Å². The highest BCUT2D eigenvalue weighted by atomic mass is 32.1. The van der Waals surface area contributed by atoms with Crippen LogP contribution in [-0.4, -0.2) is 47.7 Å². The summed E-state index contributed by atoms with van der Waals surface area (Å²) in [6.45, 7) is 6.51. The first-order valence-corrected chi connectivity index (χ1v) is 8.17. The van der Waals surface area contributed by atoms with Gasteiger partial charge in [-0.2, -0.15) is 0 Å². The highest BCUT2D eigenvalue weighted by Gasteiger charge is 2.30. The van der Waals surface area contributed by atoms with Gasteiger partial charge in [-0.1, -0.05) is 6.92 Å². The maximum Gasteiger partial charge on any atom is 0.304 e. The molecular formula is C14H23N3O3S. The van der Waals surface area contributed by atoms with E-state index in [0.717, 1.165) is 32.5 Å². The van der Waals surface area contributed by atoms with Gasteiger partial charge in [0.25, 0.3) is 0 Å². The van der Waals surface area contributed by atoms with Crippen LogP contribution in [0.3, 0.4) is 0 Å². The minimum absolute atomic E-state index is 0.124. The molecule has 7 heteroatoms. The molecule has 21 heavy (non-hydrogen) atoms. The van der Waals surface area contributed by atoms with E-state index in [-0.39, 0.29) is 16.7 Å². The van der Waals surface area contributed by atoms with Crippen molar-refractivity contribution in [3.63, 3.8) is 0 Å². The van der Waals surface area contributed by atoms with Crippen molar-refractivity contribution in [2.24, 2.45) is 0 Å². The van der Waals surface area contributed by atoms with Crippen molar-refractivity contribution >= 4 is 22.0 Å². The molecule has 1 aliphatic heterocycles. The zero-order chi connectivity index (χ0) is 15.6. The van der Waals surface area contributed by atoms with Crippen molar-refractivity contribution in [1.29, 1.82) is 0 Å². The number of hydrogen-bond donors (Lipinski definition) is 1. The van der Waals surface area contributed by atoms with Gasteiger partial charge in [0, 0.05) is 30.1 Å². The largest absolute Gasteiger partial charge is 0.388 e. The monoisotopic (exact) mass is 313 g/mol. The number of nitrogens with zero attached hydrogens (tertiary/aromatic N) is 3. The molecule has 1 aromatic heterocycles. The molecule has 2 heterocycles. The summed E-state index contributed by atoms with van der Waals surface area (Å²) in [6, 6.07) is 1.79.